The summed E-state index contributed by atoms with van der Waals surface area (Å²) in [6.07, 6.45) is 0.570. The lowest BCUT2D eigenvalue weighted by molar-refractivity contribution is -0.117. The van der Waals surface area contributed by atoms with Crippen LogP contribution in [0.15, 0.2) is 24.3 Å². The molecule has 0 aliphatic carbocycles. The molecule has 1 aromatic rings. The molecule has 86 valence electrons. The van der Waals surface area contributed by atoms with Crippen LogP contribution in [0.5, 0.6) is 0 Å². The molecule has 4 heteroatoms. The summed E-state index contributed by atoms with van der Waals surface area (Å²) in [5.41, 5.74) is 0.887. The van der Waals surface area contributed by atoms with Crippen molar-refractivity contribution >= 4 is 23.2 Å². The fourth-order valence-corrected chi connectivity index (χ4v) is 2.21. The Morgan fingerprint density at radius 1 is 1.56 bits per heavy atom. The van der Waals surface area contributed by atoms with Gasteiger partial charge in [0.1, 0.15) is 0 Å². The van der Waals surface area contributed by atoms with Gasteiger partial charge in [-0.05, 0) is 24.7 Å². The number of anilines is 1. The number of carbonyl (C=O) groups is 1. The Balaban J connectivity index is 2.13. The molecule has 0 bridgehead atoms. The van der Waals surface area contributed by atoms with Crippen molar-refractivity contribution in [2.24, 2.45) is 0 Å². The van der Waals surface area contributed by atoms with Gasteiger partial charge >= 0.3 is 0 Å². The summed E-state index contributed by atoms with van der Waals surface area (Å²) in [6, 6.07) is 7.68. The van der Waals surface area contributed by atoms with E-state index in [2.05, 4.69) is 5.32 Å². The van der Waals surface area contributed by atoms with Crippen LogP contribution in [0.4, 0.5) is 5.69 Å². The molecule has 3 nitrogen and oxygen atoms in total. The number of benzene rings is 1. The van der Waals surface area contributed by atoms with Crippen molar-refractivity contribution in [2.45, 2.75) is 19.4 Å². The summed E-state index contributed by atoms with van der Waals surface area (Å²) in [5.74, 6) is 0.160. The zero-order chi connectivity index (χ0) is 11.5. The van der Waals surface area contributed by atoms with E-state index in [0.717, 1.165) is 18.8 Å². The van der Waals surface area contributed by atoms with Gasteiger partial charge in [0.2, 0.25) is 5.91 Å². The SMILES string of the molecule is CCNC1CC(=O)N(c2cccc(Cl)c2)C1. The van der Waals surface area contributed by atoms with Crippen LogP contribution in [0.25, 0.3) is 0 Å². The Labute approximate surface area is 100 Å². The molecule has 1 amide bonds. The van der Waals surface area contributed by atoms with E-state index >= 15 is 0 Å². The van der Waals surface area contributed by atoms with Gasteiger partial charge in [-0.3, -0.25) is 4.79 Å². The van der Waals surface area contributed by atoms with Gasteiger partial charge in [-0.1, -0.05) is 24.6 Å². The number of amides is 1. The molecule has 0 radical (unpaired) electrons. The van der Waals surface area contributed by atoms with E-state index in [4.69, 9.17) is 11.6 Å². The second-order valence-electron chi connectivity index (χ2n) is 3.94. The first-order valence-electron chi connectivity index (χ1n) is 5.50. The monoisotopic (exact) mass is 238 g/mol. The molecule has 0 aromatic heterocycles. The van der Waals surface area contributed by atoms with Crippen LogP contribution in [0.2, 0.25) is 5.02 Å². The molecule has 2 rings (SSSR count). The summed E-state index contributed by atoms with van der Waals surface area (Å²) >= 11 is 5.91. The molecule has 1 aromatic carbocycles. The molecule has 1 heterocycles. The largest absolute Gasteiger partial charge is 0.312 e. The van der Waals surface area contributed by atoms with E-state index in [1.54, 1.807) is 4.90 Å². The summed E-state index contributed by atoms with van der Waals surface area (Å²) in [6.45, 7) is 3.67. The predicted octanol–water partition coefficient (Wildman–Crippen LogP) is 2.05. The molecule has 1 N–H and O–H groups in total. The van der Waals surface area contributed by atoms with E-state index < -0.39 is 0 Å². The van der Waals surface area contributed by atoms with Crippen LogP contribution in [0.1, 0.15) is 13.3 Å². The fourth-order valence-electron chi connectivity index (χ4n) is 2.03. The number of hydrogen-bond acceptors (Lipinski definition) is 2. The van der Waals surface area contributed by atoms with E-state index in [1.165, 1.54) is 0 Å². The van der Waals surface area contributed by atoms with Crippen LogP contribution in [-0.2, 0) is 4.79 Å². The number of halogens is 1. The molecule has 1 saturated heterocycles. The Bertz CT molecular complexity index is 394. The minimum atomic E-state index is 0.160. The highest BCUT2D eigenvalue weighted by Gasteiger charge is 2.29. The van der Waals surface area contributed by atoms with Gasteiger partial charge in [0.05, 0.1) is 0 Å². The lowest BCUT2D eigenvalue weighted by atomic mass is 10.2. The van der Waals surface area contributed by atoms with Gasteiger partial charge in [-0.15, -0.1) is 0 Å². The number of carbonyl (C=O) groups excluding carboxylic acids is 1. The number of nitrogens with zero attached hydrogens (tertiary/aromatic N) is 1. The van der Waals surface area contributed by atoms with Crippen molar-refractivity contribution in [1.82, 2.24) is 5.32 Å². The van der Waals surface area contributed by atoms with E-state index in [1.807, 2.05) is 31.2 Å². The van der Waals surface area contributed by atoms with Crippen molar-refractivity contribution in [1.29, 1.82) is 0 Å². The minimum absolute atomic E-state index is 0.160. The molecule has 1 atom stereocenters. The summed E-state index contributed by atoms with van der Waals surface area (Å²) in [4.78, 5) is 13.6. The first kappa shape index (κ1) is 11.4. The normalized spacial score (nSPS) is 20.5. The maximum absolute atomic E-state index is 11.8. The lowest BCUT2D eigenvalue weighted by Gasteiger charge is -2.17. The van der Waals surface area contributed by atoms with Gasteiger partial charge in [0, 0.05) is 29.7 Å². The molecule has 0 saturated carbocycles. The number of nitrogens with one attached hydrogen (secondary N) is 1. The van der Waals surface area contributed by atoms with Gasteiger partial charge in [-0.2, -0.15) is 0 Å². The average molecular weight is 239 g/mol. The minimum Gasteiger partial charge on any atom is -0.312 e. The van der Waals surface area contributed by atoms with Crippen LogP contribution in [0, 0.1) is 0 Å². The molecule has 0 spiro atoms. The third kappa shape index (κ3) is 2.36. The fraction of sp³-hybridized carbons (Fsp3) is 0.417. The molecular weight excluding hydrogens is 224 g/mol. The topological polar surface area (TPSA) is 32.3 Å². The van der Waals surface area contributed by atoms with E-state index in [0.29, 0.717) is 11.4 Å². The number of rotatable bonds is 3. The van der Waals surface area contributed by atoms with Gasteiger partial charge < -0.3 is 10.2 Å². The van der Waals surface area contributed by atoms with Gasteiger partial charge in [-0.25, -0.2) is 0 Å². The molecule has 1 aliphatic heterocycles. The highest BCUT2D eigenvalue weighted by atomic mass is 35.5. The molecular formula is C12H15ClN2O. The van der Waals surface area contributed by atoms with E-state index in [-0.39, 0.29) is 11.9 Å². The Kier molecular flexibility index (Phi) is 3.46. The van der Waals surface area contributed by atoms with Crippen molar-refractivity contribution < 1.29 is 4.79 Å². The van der Waals surface area contributed by atoms with Crippen molar-refractivity contribution in [3.05, 3.63) is 29.3 Å². The van der Waals surface area contributed by atoms with Crippen molar-refractivity contribution in [2.75, 3.05) is 18.0 Å². The molecule has 1 fully saturated rings. The third-order valence-corrected chi connectivity index (χ3v) is 2.97. The second kappa shape index (κ2) is 4.85. The highest BCUT2D eigenvalue weighted by molar-refractivity contribution is 6.30. The standard InChI is InChI=1S/C12H15ClN2O/c1-2-14-10-7-12(16)15(8-10)11-5-3-4-9(13)6-11/h3-6,10,14H,2,7-8H2,1H3. The Morgan fingerprint density at radius 3 is 3.06 bits per heavy atom. The van der Waals surface area contributed by atoms with Crippen LogP contribution in [0.3, 0.4) is 0 Å². The zero-order valence-corrected chi connectivity index (χ0v) is 10.00. The summed E-state index contributed by atoms with van der Waals surface area (Å²) in [5, 5.41) is 3.96. The van der Waals surface area contributed by atoms with Gasteiger partial charge in [0.15, 0.2) is 0 Å². The Morgan fingerprint density at radius 2 is 2.38 bits per heavy atom. The first-order chi connectivity index (χ1) is 7.70. The van der Waals surface area contributed by atoms with Crippen LogP contribution in [-0.4, -0.2) is 25.0 Å². The maximum Gasteiger partial charge on any atom is 0.228 e. The van der Waals surface area contributed by atoms with Crippen molar-refractivity contribution in [3.63, 3.8) is 0 Å². The third-order valence-electron chi connectivity index (χ3n) is 2.74. The predicted molar refractivity (Wildman–Crippen MR) is 65.9 cm³/mol. The molecule has 16 heavy (non-hydrogen) atoms. The number of hydrogen-bond donors (Lipinski definition) is 1. The molecule has 1 unspecified atom stereocenters. The Hall–Kier alpha value is -1.06. The quantitative estimate of drug-likeness (QED) is 0.874. The van der Waals surface area contributed by atoms with Crippen LogP contribution < -0.4 is 10.2 Å². The first-order valence-corrected chi connectivity index (χ1v) is 5.88. The highest BCUT2D eigenvalue weighted by Crippen LogP contribution is 2.24. The van der Waals surface area contributed by atoms with Gasteiger partial charge in [0.25, 0.3) is 0 Å². The van der Waals surface area contributed by atoms with Crippen LogP contribution >= 0.6 is 11.6 Å². The molecule has 1 aliphatic rings. The average Bonchev–Trinajstić information content (AvgIpc) is 2.60. The zero-order valence-electron chi connectivity index (χ0n) is 9.24. The smallest absolute Gasteiger partial charge is 0.228 e. The number of likely N-dealkylation sites (N-methyl/N-ethyl adjacent to an activating group) is 1. The maximum atomic E-state index is 11.8. The second-order valence-corrected chi connectivity index (χ2v) is 4.38. The summed E-state index contributed by atoms with van der Waals surface area (Å²) < 4.78 is 0. The van der Waals surface area contributed by atoms with Crippen molar-refractivity contribution in [3.8, 4) is 0 Å². The summed E-state index contributed by atoms with van der Waals surface area (Å²) in [7, 11) is 0. The van der Waals surface area contributed by atoms with E-state index in [9.17, 15) is 4.79 Å². The lowest BCUT2D eigenvalue weighted by Crippen LogP contribution is -2.32.